The predicted molar refractivity (Wildman–Crippen MR) is 45.4 cm³/mol. The largest absolute Gasteiger partial charge is 4.00 e. The molecule has 0 amide bonds. The van der Waals surface area contributed by atoms with Crippen LogP contribution in [0.5, 0.6) is 0 Å². The molecule has 0 radical (unpaired) electrons. The van der Waals surface area contributed by atoms with E-state index >= 15 is 0 Å². The molecule has 0 saturated heterocycles. The van der Waals surface area contributed by atoms with Crippen LogP contribution >= 0.6 is 0 Å². The number of hydrogen-bond donors (Lipinski definition) is 3. The number of nitrogens with zero attached hydrogens (tertiary/aromatic N) is 1. The van der Waals surface area contributed by atoms with Gasteiger partial charge in [0.05, 0.1) is 19.8 Å². The van der Waals surface area contributed by atoms with Gasteiger partial charge in [-0.3, -0.25) is 4.90 Å². The molecule has 0 unspecified atom stereocenters. The summed E-state index contributed by atoms with van der Waals surface area (Å²) in [7, 11) is 0. The summed E-state index contributed by atoms with van der Waals surface area (Å²) < 4.78 is 0. The molecule has 0 bridgehead atoms. The summed E-state index contributed by atoms with van der Waals surface area (Å²) in [4.78, 5) is 1.79. The van der Waals surface area contributed by atoms with Gasteiger partial charge in [0.15, 0.2) is 0 Å². The van der Waals surface area contributed by atoms with E-state index in [4.69, 9.17) is 15.3 Å². The van der Waals surface area contributed by atoms with Gasteiger partial charge in [0.2, 0.25) is 0 Å². The van der Waals surface area contributed by atoms with E-state index in [1.807, 2.05) is 0 Å². The Bertz CT molecular complexity index is 66.2. The Balaban J connectivity index is -0.0000000405. The van der Waals surface area contributed by atoms with Gasteiger partial charge in [-0.1, -0.05) is 0 Å². The molecule has 0 aromatic carbocycles. The molecule has 9 heteroatoms. The van der Waals surface area contributed by atoms with Crippen molar-refractivity contribution in [3.63, 3.8) is 0 Å². The summed E-state index contributed by atoms with van der Waals surface area (Å²) in [5.74, 6) is 0. The molecule has 7 N–H and O–H groups in total. The third kappa shape index (κ3) is 25.1. The van der Waals surface area contributed by atoms with Crippen molar-refractivity contribution in [3.05, 3.63) is 0 Å². The quantitative estimate of drug-likeness (QED) is 0.442. The van der Waals surface area contributed by atoms with Crippen molar-refractivity contribution >= 4 is 0 Å². The first-order valence-corrected chi connectivity index (χ1v) is 3.40. The van der Waals surface area contributed by atoms with Crippen molar-refractivity contribution in [2.75, 3.05) is 39.5 Å². The first-order valence-electron chi connectivity index (χ1n) is 3.40. The van der Waals surface area contributed by atoms with E-state index in [1.165, 1.54) is 0 Å². The standard InChI is InChI=1S/C6H15NO3.4H2O.Ti/c8-4-1-7(2-5-9)3-6-10;;;;;/h8-10H,1-6H2;4*1H2;/q;;;;;+4/p-4. The zero-order chi connectivity index (χ0) is 7.82. The zero-order valence-corrected chi connectivity index (χ0v) is 9.88. The molecule has 0 heterocycles. The van der Waals surface area contributed by atoms with Crippen LogP contribution in [0.2, 0.25) is 0 Å². The summed E-state index contributed by atoms with van der Waals surface area (Å²) in [6.07, 6.45) is 0. The van der Waals surface area contributed by atoms with E-state index in [2.05, 4.69) is 0 Å². The minimum atomic E-state index is 0. The van der Waals surface area contributed by atoms with E-state index in [-0.39, 0.29) is 63.4 Å². The van der Waals surface area contributed by atoms with Gasteiger partial charge in [0.25, 0.3) is 0 Å². The number of rotatable bonds is 6. The Hall–Kier alpha value is 0.394. The van der Waals surface area contributed by atoms with Crippen molar-refractivity contribution < 1.29 is 58.9 Å². The predicted octanol–water partition coefficient (Wildman–Crippen LogP) is -2.44. The van der Waals surface area contributed by atoms with Crippen molar-refractivity contribution in [2.45, 2.75) is 0 Å². The van der Waals surface area contributed by atoms with E-state index in [9.17, 15) is 0 Å². The van der Waals surface area contributed by atoms with Crippen LogP contribution in [0, 0.1) is 0 Å². The number of hydrogen-bond acceptors (Lipinski definition) is 8. The van der Waals surface area contributed by atoms with Gasteiger partial charge < -0.3 is 37.2 Å². The molecule has 0 aliphatic carbocycles. The molecule has 0 fully saturated rings. The maximum atomic E-state index is 8.48. The second-order valence-corrected chi connectivity index (χ2v) is 2.01. The van der Waals surface area contributed by atoms with Gasteiger partial charge in [0.1, 0.15) is 0 Å². The molecule has 0 aromatic rings. The Kier molecular flexibility index (Phi) is 70.5. The molecule has 0 aliphatic heterocycles. The van der Waals surface area contributed by atoms with Crippen molar-refractivity contribution in [1.29, 1.82) is 0 Å². The molecular formula is C6H19NO7Ti. The fourth-order valence-corrected chi connectivity index (χ4v) is 0.760. The molecule has 0 saturated carbocycles. The Morgan fingerprint density at radius 2 is 0.800 bits per heavy atom. The van der Waals surface area contributed by atoms with Gasteiger partial charge in [-0.25, -0.2) is 0 Å². The summed E-state index contributed by atoms with van der Waals surface area (Å²) >= 11 is 0. The van der Waals surface area contributed by atoms with Gasteiger partial charge in [-0.15, -0.1) is 0 Å². The van der Waals surface area contributed by atoms with Crippen LogP contribution in [-0.2, 0) is 21.7 Å². The van der Waals surface area contributed by atoms with Crippen LogP contribution in [0.4, 0.5) is 0 Å². The maximum absolute atomic E-state index is 8.48. The number of aliphatic hydroxyl groups is 3. The SMILES string of the molecule is OCCN(CCO)CCO.[OH-].[OH-].[OH-].[OH-].[Ti+4]. The molecule has 0 spiro atoms. The Morgan fingerprint density at radius 1 is 0.600 bits per heavy atom. The minimum Gasteiger partial charge on any atom is -0.870 e. The topological polar surface area (TPSA) is 184 Å². The average Bonchev–Trinajstić information content (AvgIpc) is 1.90. The minimum absolute atomic E-state index is 0. The summed E-state index contributed by atoms with van der Waals surface area (Å²) in [6.45, 7) is 1.75. The first kappa shape index (κ1) is 36.1. The van der Waals surface area contributed by atoms with E-state index in [0.29, 0.717) is 19.6 Å². The Labute approximate surface area is 104 Å². The fraction of sp³-hybridized carbons (Fsp3) is 1.00. The molecule has 94 valence electrons. The second-order valence-electron chi connectivity index (χ2n) is 2.01. The fourth-order valence-electron chi connectivity index (χ4n) is 0.760. The van der Waals surface area contributed by atoms with Gasteiger partial charge >= 0.3 is 21.7 Å². The van der Waals surface area contributed by atoms with Gasteiger partial charge in [-0.2, -0.15) is 0 Å². The van der Waals surface area contributed by atoms with Crippen LogP contribution in [0.25, 0.3) is 0 Å². The second kappa shape index (κ2) is 29.3. The van der Waals surface area contributed by atoms with Gasteiger partial charge in [-0.05, 0) is 0 Å². The third-order valence-corrected chi connectivity index (χ3v) is 1.25. The van der Waals surface area contributed by atoms with Crippen LogP contribution in [0.15, 0.2) is 0 Å². The van der Waals surface area contributed by atoms with Crippen LogP contribution in [0.1, 0.15) is 0 Å². The maximum Gasteiger partial charge on any atom is 4.00 e. The van der Waals surface area contributed by atoms with Crippen molar-refractivity contribution in [3.8, 4) is 0 Å². The molecule has 0 rings (SSSR count). The van der Waals surface area contributed by atoms with Crippen molar-refractivity contribution in [2.24, 2.45) is 0 Å². The monoisotopic (exact) mass is 265 g/mol. The smallest absolute Gasteiger partial charge is 0.870 e. The molecule has 0 aliphatic rings. The first-order chi connectivity index (χ1) is 4.85. The molecule has 0 atom stereocenters. The Morgan fingerprint density at radius 3 is 0.933 bits per heavy atom. The molecule has 15 heavy (non-hydrogen) atoms. The zero-order valence-electron chi connectivity index (χ0n) is 8.32. The summed E-state index contributed by atoms with van der Waals surface area (Å²) in [5.41, 5.74) is 0. The molecule has 0 aromatic heterocycles. The molecule has 8 nitrogen and oxygen atoms in total. The summed E-state index contributed by atoms with van der Waals surface area (Å²) in [6, 6.07) is 0. The molecular weight excluding hydrogens is 246 g/mol. The van der Waals surface area contributed by atoms with E-state index in [0.717, 1.165) is 0 Å². The third-order valence-electron chi connectivity index (χ3n) is 1.25. The van der Waals surface area contributed by atoms with E-state index < -0.39 is 0 Å². The summed E-state index contributed by atoms with van der Waals surface area (Å²) in [5, 5.41) is 25.5. The van der Waals surface area contributed by atoms with Gasteiger partial charge in [0, 0.05) is 19.6 Å². The number of aliphatic hydroxyl groups excluding tert-OH is 3. The van der Waals surface area contributed by atoms with Crippen molar-refractivity contribution in [1.82, 2.24) is 4.90 Å². The average molecular weight is 265 g/mol. The van der Waals surface area contributed by atoms with Crippen LogP contribution in [0.3, 0.4) is 0 Å². The van der Waals surface area contributed by atoms with Crippen LogP contribution in [-0.4, -0.2) is 81.6 Å². The van der Waals surface area contributed by atoms with Crippen LogP contribution < -0.4 is 0 Å². The normalized spacial score (nSPS) is 7.20. The van der Waals surface area contributed by atoms with E-state index in [1.54, 1.807) is 4.90 Å².